The molecule has 2 aromatic carbocycles. The lowest BCUT2D eigenvalue weighted by molar-refractivity contribution is 0.102. The number of hydrogen-bond acceptors (Lipinski definition) is 3. The highest BCUT2D eigenvalue weighted by atomic mass is 35.5. The summed E-state index contributed by atoms with van der Waals surface area (Å²) >= 11 is 6.01. The van der Waals surface area contributed by atoms with Gasteiger partial charge in [-0.25, -0.2) is 13.1 Å². The zero-order chi connectivity index (χ0) is 18.7. The number of fused-ring (bicyclic) bond motifs is 1. The first kappa shape index (κ1) is 18.6. The van der Waals surface area contributed by atoms with Crippen LogP contribution in [0.5, 0.6) is 0 Å². The molecular weight excluding hydrogens is 372 g/mol. The van der Waals surface area contributed by atoms with E-state index in [1.54, 1.807) is 0 Å². The van der Waals surface area contributed by atoms with Crippen LogP contribution in [-0.4, -0.2) is 20.9 Å². The average molecular weight is 391 g/mol. The van der Waals surface area contributed by atoms with Gasteiger partial charge in [-0.15, -0.1) is 6.58 Å². The molecule has 0 aromatic heterocycles. The van der Waals surface area contributed by atoms with E-state index in [0.29, 0.717) is 5.69 Å². The molecule has 26 heavy (non-hydrogen) atoms. The van der Waals surface area contributed by atoms with Gasteiger partial charge >= 0.3 is 0 Å². The molecule has 0 spiro atoms. The third-order valence-corrected chi connectivity index (χ3v) is 6.16. The van der Waals surface area contributed by atoms with Crippen LogP contribution in [0.15, 0.2) is 53.9 Å². The molecule has 2 aromatic rings. The Bertz CT molecular complexity index is 971. The van der Waals surface area contributed by atoms with E-state index in [0.717, 1.165) is 19.3 Å². The van der Waals surface area contributed by atoms with Crippen molar-refractivity contribution < 1.29 is 13.2 Å². The zero-order valence-corrected chi connectivity index (χ0v) is 15.7. The van der Waals surface area contributed by atoms with Gasteiger partial charge in [0.15, 0.2) is 0 Å². The van der Waals surface area contributed by atoms with Crippen molar-refractivity contribution in [2.75, 3.05) is 11.9 Å². The van der Waals surface area contributed by atoms with Crippen molar-refractivity contribution in [1.29, 1.82) is 0 Å². The molecule has 7 heteroatoms. The summed E-state index contributed by atoms with van der Waals surface area (Å²) in [5.74, 6) is -0.389. The van der Waals surface area contributed by atoms with Gasteiger partial charge in [0.2, 0.25) is 10.0 Å². The highest BCUT2D eigenvalue weighted by molar-refractivity contribution is 7.89. The Balaban J connectivity index is 1.84. The number of aryl methyl sites for hydroxylation is 2. The molecule has 1 aliphatic carbocycles. The molecule has 0 atom stereocenters. The van der Waals surface area contributed by atoms with Gasteiger partial charge in [0.1, 0.15) is 4.90 Å². The van der Waals surface area contributed by atoms with Crippen LogP contribution < -0.4 is 10.0 Å². The van der Waals surface area contributed by atoms with E-state index in [9.17, 15) is 13.2 Å². The highest BCUT2D eigenvalue weighted by Gasteiger charge is 2.20. The summed E-state index contributed by atoms with van der Waals surface area (Å²) in [6.45, 7) is 3.55. The van der Waals surface area contributed by atoms with E-state index in [1.807, 2.05) is 18.2 Å². The van der Waals surface area contributed by atoms with Gasteiger partial charge in [-0.2, -0.15) is 0 Å². The van der Waals surface area contributed by atoms with Gasteiger partial charge < -0.3 is 5.32 Å². The van der Waals surface area contributed by atoms with E-state index in [-0.39, 0.29) is 27.9 Å². The number of carbonyl (C=O) groups excluding carboxylic acids is 1. The molecule has 1 amide bonds. The molecule has 0 saturated carbocycles. The van der Waals surface area contributed by atoms with Crippen molar-refractivity contribution in [3.05, 3.63) is 70.8 Å². The number of rotatable bonds is 6. The van der Waals surface area contributed by atoms with Crippen LogP contribution >= 0.6 is 11.6 Å². The predicted molar refractivity (Wildman–Crippen MR) is 103 cm³/mol. The Morgan fingerprint density at radius 2 is 1.92 bits per heavy atom. The largest absolute Gasteiger partial charge is 0.322 e. The third kappa shape index (κ3) is 3.98. The van der Waals surface area contributed by atoms with Crippen LogP contribution in [0.2, 0.25) is 5.02 Å². The Morgan fingerprint density at radius 3 is 2.69 bits per heavy atom. The monoisotopic (exact) mass is 390 g/mol. The third-order valence-electron chi connectivity index (χ3n) is 4.26. The first-order valence-corrected chi connectivity index (χ1v) is 10.1. The lowest BCUT2D eigenvalue weighted by Gasteiger charge is -2.10. The Morgan fingerprint density at radius 1 is 1.15 bits per heavy atom. The quantitative estimate of drug-likeness (QED) is 0.740. The summed E-state index contributed by atoms with van der Waals surface area (Å²) in [7, 11) is -3.82. The van der Waals surface area contributed by atoms with E-state index < -0.39 is 10.0 Å². The van der Waals surface area contributed by atoms with Gasteiger partial charge in [0.05, 0.1) is 5.02 Å². The van der Waals surface area contributed by atoms with Crippen molar-refractivity contribution in [2.45, 2.75) is 24.2 Å². The number of benzene rings is 2. The van der Waals surface area contributed by atoms with Crippen LogP contribution in [0.1, 0.15) is 27.9 Å². The number of hydrogen-bond donors (Lipinski definition) is 2. The maximum absolute atomic E-state index is 12.5. The molecule has 5 nitrogen and oxygen atoms in total. The molecule has 2 N–H and O–H groups in total. The number of anilines is 1. The standard InChI is InChI=1S/C19H19ClN2O3S/c1-2-10-21-26(24,25)18-12-15(7-9-17(18)20)19(23)22-16-8-6-13-4-3-5-14(13)11-16/h2,6-9,11-12,21H,1,3-5,10H2,(H,22,23). The van der Waals surface area contributed by atoms with Gasteiger partial charge in [-0.1, -0.05) is 23.7 Å². The topological polar surface area (TPSA) is 75.3 Å². The van der Waals surface area contributed by atoms with Crippen molar-refractivity contribution >= 4 is 33.2 Å². The maximum atomic E-state index is 12.5. The van der Waals surface area contributed by atoms with Gasteiger partial charge in [0, 0.05) is 17.8 Å². The Kier molecular flexibility index (Phi) is 5.46. The zero-order valence-electron chi connectivity index (χ0n) is 14.1. The molecule has 1 aliphatic rings. The molecule has 0 aliphatic heterocycles. The predicted octanol–water partition coefficient (Wildman–Crippen LogP) is 3.55. The van der Waals surface area contributed by atoms with Gasteiger partial charge in [-0.3, -0.25) is 4.79 Å². The van der Waals surface area contributed by atoms with Gasteiger partial charge in [0.25, 0.3) is 5.91 Å². The van der Waals surface area contributed by atoms with E-state index >= 15 is 0 Å². The molecule has 0 unspecified atom stereocenters. The molecule has 0 saturated heterocycles. The van der Waals surface area contributed by atoms with Crippen molar-refractivity contribution in [1.82, 2.24) is 4.72 Å². The summed E-state index contributed by atoms with van der Waals surface area (Å²) in [5, 5.41) is 2.87. The molecule has 0 fully saturated rings. The second-order valence-corrected chi connectivity index (χ2v) is 8.22. The first-order chi connectivity index (χ1) is 12.4. The van der Waals surface area contributed by atoms with Crippen LogP contribution in [0.3, 0.4) is 0 Å². The lowest BCUT2D eigenvalue weighted by Crippen LogP contribution is -2.24. The van der Waals surface area contributed by atoms with Crippen LogP contribution in [0, 0.1) is 0 Å². The fourth-order valence-corrected chi connectivity index (χ4v) is 4.47. The van der Waals surface area contributed by atoms with Crippen molar-refractivity contribution in [2.24, 2.45) is 0 Å². The SMILES string of the molecule is C=CCNS(=O)(=O)c1cc(C(=O)Nc2ccc3c(c2)CCC3)ccc1Cl. The Hall–Kier alpha value is -2.15. The Labute approximate surface area is 158 Å². The molecular formula is C19H19ClN2O3S. The normalized spacial score (nSPS) is 13.3. The molecule has 0 bridgehead atoms. The van der Waals surface area contributed by atoms with Crippen molar-refractivity contribution in [3.8, 4) is 0 Å². The summed E-state index contributed by atoms with van der Waals surface area (Å²) < 4.78 is 26.9. The number of halogens is 1. The van der Waals surface area contributed by atoms with E-state index in [4.69, 9.17) is 11.6 Å². The summed E-state index contributed by atoms with van der Waals surface area (Å²) in [5.41, 5.74) is 3.47. The second-order valence-electron chi connectivity index (χ2n) is 6.08. The summed E-state index contributed by atoms with van der Waals surface area (Å²) in [6, 6.07) is 10.0. The number of amides is 1. The molecule has 0 heterocycles. The smallest absolute Gasteiger partial charge is 0.255 e. The minimum absolute atomic E-state index is 0.0515. The van der Waals surface area contributed by atoms with Crippen LogP contribution in [0.25, 0.3) is 0 Å². The average Bonchev–Trinajstić information content (AvgIpc) is 3.08. The summed E-state index contributed by atoms with van der Waals surface area (Å²) in [4.78, 5) is 12.4. The molecule has 0 radical (unpaired) electrons. The molecule has 136 valence electrons. The second kappa shape index (κ2) is 7.61. The number of sulfonamides is 1. The molecule has 3 rings (SSSR count). The minimum Gasteiger partial charge on any atom is -0.322 e. The van der Waals surface area contributed by atoms with E-state index in [1.165, 1.54) is 35.4 Å². The van der Waals surface area contributed by atoms with E-state index in [2.05, 4.69) is 16.6 Å². The summed E-state index contributed by atoms with van der Waals surface area (Å²) in [6.07, 6.45) is 4.63. The highest BCUT2D eigenvalue weighted by Crippen LogP contribution is 2.26. The minimum atomic E-state index is -3.82. The number of carbonyl (C=O) groups is 1. The maximum Gasteiger partial charge on any atom is 0.255 e. The van der Waals surface area contributed by atoms with Crippen LogP contribution in [-0.2, 0) is 22.9 Å². The number of nitrogens with one attached hydrogen (secondary N) is 2. The van der Waals surface area contributed by atoms with Crippen molar-refractivity contribution in [3.63, 3.8) is 0 Å². The first-order valence-electron chi connectivity index (χ1n) is 8.24. The van der Waals surface area contributed by atoms with Crippen LogP contribution in [0.4, 0.5) is 5.69 Å². The fraction of sp³-hybridized carbons (Fsp3) is 0.211. The van der Waals surface area contributed by atoms with Gasteiger partial charge in [-0.05, 0) is 60.7 Å². The fourth-order valence-electron chi connectivity index (χ4n) is 2.95. The lowest BCUT2D eigenvalue weighted by atomic mass is 10.1.